The molecule has 0 radical (unpaired) electrons. The van der Waals surface area contributed by atoms with Crippen LogP contribution in [0.3, 0.4) is 0 Å². The average molecular weight is 1010 g/mol. The number of nitrogens with zero attached hydrogens (tertiary/aromatic N) is 8. The summed E-state index contributed by atoms with van der Waals surface area (Å²) in [6.07, 6.45) is 14.3. The fraction of sp³-hybridized carbons (Fsp3) is 0.412. The Morgan fingerprint density at radius 3 is 0.737 bits per heavy atom. The normalized spacial score (nSPS) is 12.1. The summed E-state index contributed by atoms with van der Waals surface area (Å²) >= 11 is 0. The van der Waals surface area contributed by atoms with Crippen molar-refractivity contribution in [3.05, 3.63) is 145 Å². The number of fused-ring (bicyclic) bond motifs is 4. The lowest BCUT2D eigenvalue weighted by atomic mass is 9.84. The van der Waals surface area contributed by atoms with E-state index in [0.717, 1.165) is 97.2 Å². The number of para-hydroxylation sites is 8. The maximum atomic E-state index is 5.18. The monoisotopic (exact) mass is 1010 g/mol. The number of benzene rings is 6. The van der Waals surface area contributed by atoms with Gasteiger partial charge in [-0.1, -0.05) is 169 Å². The smallest absolute Gasteiger partial charge is 0.141 e. The van der Waals surface area contributed by atoms with Gasteiger partial charge in [0.25, 0.3) is 0 Å². The molecule has 0 spiro atoms. The van der Waals surface area contributed by atoms with E-state index in [-0.39, 0.29) is 10.8 Å². The maximum absolute atomic E-state index is 5.18. The number of aromatic nitrogens is 8. The van der Waals surface area contributed by atoms with E-state index in [4.69, 9.17) is 19.9 Å². The van der Waals surface area contributed by atoms with Gasteiger partial charge in [0, 0.05) is 48.4 Å². The summed E-state index contributed by atoms with van der Waals surface area (Å²) in [5.41, 5.74) is 16.4. The van der Waals surface area contributed by atoms with Gasteiger partial charge in [0.1, 0.15) is 23.3 Å². The Balaban J connectivity index is 0.000000186. The van der Waals surface area contributed by atoms with Crippen LogP contribution in [-0.4, -0.2) is 38.2 Å². The molecule has 0 unspecified atom stereocenters. The molecule has 0 aliphatic heterocycles. The van der Waals surface area contributed by atoms with Crippen LogP contribution in [0.25, 0.3) is 89.7 Å². The number of hydrogen-bond donors (Lipinski definition) is 0. The van der Waals surface area contributed by atoms with Crippen molar-refractivity contribution in [1.29, 1.82) is 0 Å². The van der Waals surface area contributed by atoms with Crippen molar-refractivity contribution < 1.29 is 0 Å². The topological polar surface area (TPSA) is 71.3 Å². The molecule has 0 amide bonds. The van der Waals surface area contributed by atoms with Crippen molar-refractivity contribution >= 4 is 44.1 Å². The van der Waals surface area contributed by atoms with E-state index in [1.165, 1.54) is 107 Å². The van der Waals surface area contributed by atoms with Gasteiger partial charge in [-0.3, -0.25) is 0 Å². The molecule has 0 N–H and O–H groups in total. The average Bonchev–Trinajstić information content (AvgIpc) is 4.20. The molecule has 8 nitrogen and oxygen atoms in total. The highest BCUT2D eigenvalue weighted by Crippen LogP contribution is 2.38. The van der Waals surface area contributed by atoms with Crippen LogP contribution in [0.1, 0.15) is 157 Å². The third-order valence-corrected chi connectivity index (χ3v) is 15.2. The molecule has 0 fully saturated rings. The van der Waals surface area contributed by atoms with E-state index in [9.17, 15) is 0 Å². The molecule has 10 rings (SSSR count). The lowest BCUT2D eigenvalue weighted by Gasteiger charge is -2.22. The molecule has 8 heteroatoms. The van der Waals surface area contributed by atoms with Gasteiger partial charge in [0.05, 0.1) is 44.1 Å². The van der Waals surface area contributed by atoms with Crippen molar-refractivity contribution in [3.63, 3.8) is 0 Å². The Morgan fingerprint density at radius 1 is 0.303 bits per heavy atom. The SMILES string of the molecule is CCCCCn1c(-c2cc(-c3nc4ccccc4n3CCCCC)cc(C(C)(C)C)c2)nc2ccccc21.CCCCCn1c(-c2cc(-c3nc4ccccc4n3CCCCC)cc(C(C)(C)C)c2)nc2ccccc21. The molecule has 76 heavy (non-hydrogen) atoms. The summed E-state index contributed by atoms with van der Waals surface area (Å²) < 4.78 is 9.73. The zero-order valence-corrected chi connectivity index (χ0v) is 47.6. The number of unbranched alkanes of at least 4 members (excludes halogenated alkanes) is 8. The first-order valence-electron chi connectivity index (χ1n) is 28.9. The van der Waals surface area contributed by atoms with Gasteiger partial charge in [-0.05, 0) is 133 Å². The fourth-order valence-corrected chi connectivity index (χ4v) is 10.8. The second-order valence-electron chi connectivity index (χ2n) is 23.2. The van der Waals surface area contributed by atoms with E-state index in [0.29, 0.717) is 0 Å². The van der Waals surface area contributed by atoms with Crippen LogP contribution in [0.2, 0.25) is 0 Å². The Labute approximate surface area is 453 Å². The molecule has 10 aromatic rings. The number of hydrogen-bond acceptors (Lipinski definition) is 4. The Kier molecular flexibility index (Phi) is 17.1. The zero-order chi connectivity index (χ0) is 53.4. The fourth-order valence-electron chi connectivity index (χ4n) is 10.8. The Morgan fingerprint density at radius 2 is 0.526 bits per heavy atom. The summed E-state index contributed by atoms with van der Waals surface area (Å²) in [6.45, 7) is 26.7. The Bertz CT molecular complexity index is 3080. The summed E-state index contributed by atoms with van der Waals surface area (Å²) in [6, 6.07) is 48.3. The minimum Gasteiger partial charge on any atom is -0.324 e. The lowest BCUT2D eigenvalue weighted by Crippen LogP contribution is -2.12. The minimum atomic E-state index is 0.00285. The van der Waals surface area contributed by atoms with Crippen LogP contribution in [0, 0.1) is 0 Å². The van der Waals surface area contributed by atoms with Crippen LogP contribution in [0.4, 0.5) is 0 Å². The van der Waals surface area contributed by atoms with Crippen molar-refractivity contribution in [2.24, 2.45) is 0 Å². The largest absolute Gasteiger partial charge is 0.324 e. The molecule has 0 aliphatic rings. The van der Waals surface area contributed by atoms with Gasteiger partial charge in [-0.25, -0.2) is 19.9 Å². The van der Waals surface area contributed by atoms with Gasteiger partial charge >= 0.3 is 0 Å². The van der Waals surface area contributed by atoms with Crippen molar-refractivity contribution in [2.45, 2.75) is 183 Å². The first kappa shape index (κ1) is 54.0. The van der Waals surface area contributed by atoms with Gasteiger partial charge in [0.2, 0.25) is 0 Å². The molecule has 4 heterocycles. The quantitative estimate of drug-likeness (QED) is 0.0713. The molecule has 0 aliphatic carbocycles. The number of aryl methyl sites for hydroxylation is 4. The highest BCUT2D eigenvalue weighted by atomic mass is 15.1. The second kappa shape index (κ2) is 24.0. The van der Waals surface area contributed by atoms with Crippen LogP contribution >= 0.6 is 0 Å². The highest BCUT2D eigenvalue weighted by Gasteiger charge is 2.24. The standard InChI is InChI=1S/2C34H42N4/c2*1-6-8-14-20-37-30-18-12-10-16-28(30)35-32(37)25-22-26(24-27(23-25)34(3,4)5)33-36-29-17-11-13-19-31(29)38(33)21-15-9-7-2/h2*10-13,16-19,22-24H,6-9,14-15,20-21H2,1-5H3. The van der Waals surface area contributed by atoms with Gasteiger partial charge in [0.15, 0.2) is 0 Å². The third kappa shape index (κ3) is 11.9. The predicted molar refractivity (Wildman–Crippen MR) is 323 cm³/mol. The molecular formula is C68H84N8. The van der Waals surface area contributed by atoms with Crippen molar-refractivity contribution in [2.75, 3.05) is 0 Å². The molecule has 396 valence electrons. The molecule has 0 saturated heterocycles. The van der Waals surface area contributed by atoms with Crippen LogP contribution in [0.5, 0.6) is 0 Å². The second-order valence-corrected chi connectivity index (χ2v) is 23.2. The first-order valence-corrected chi connectivity index (χ1v) is 28.9. The lowest BCUT2D eigenvalue weighted by molar-refractivity contribution is 0.589. The molecule has 0 saturated carbocycles. The molecule has 0 atom stereocenters. The Hall–Kier alpha value is -6.80. The van der Waals surface area contributed by atoms with E-state index < -0.39 is 0 Å². The third-order valence-electron chi connectivity index (χ3n) is 15.2. The highest BCUT2D eigenvalue weighted by molar-refractivity contribution is 5.86. The van der Waals surface area contributed by atoms with E-state index in [1.54, 1.807) is 0 Å². The number of imidazole rings is 4. The number of rotatable bonds is 20. The first-order chi connectivity index (χ1) is 36.8. The van der Waals surface area contributed by atoms with E-state index in [2.05, 4.69) is 221 Å². The molecule has 4 aromatic heterocycles. The molecular weight excluding hydrogens is 929 g/mol. The van der Waals surface area contributed by atoms with Crippen molar-refractivity contribution in [1.82, 2.24) is 38.2 Å². The summed E-state index contributed by atoms with van der Waals surface area (Å²) in [4.78, 5) is 20.7. The van der Waals surface area contributed by atoms with E-state index >= 15 is 0 Å². The molecule has 0 bridgehead atoms. The maximum Gasteiger partial charge on any atom is 0.141 e. The summed E-state index contributed by atoms with van der Waals surface area (Å²) in [5.74, 6) is 4.23. The van der Waals surface area contributed by atoms with Gasteiger partial charge < -0.3 is 18.3 Å². The van der Waals surface area contributed by atoms with Crippen LogP contribution in [-0.2, 0) is 37.0 Å². The van der Waals surface area contributed by atoms with E-state index in [1.807, 2.05) is 0 Å². The van der Waals surface area contributed by atoms with Gasteiger partial charge in [-0.15, -0.1) is 0 Å². The zero-order valence-electron chi connectivity index (χ0n) is 47.6. The summed E-state index contributed by atoms with van der Waals surface area (Å²) in [7, 11) is 0. The van der Waals surface area contributed by atoms with Crippen LogP contribution in [0.15, 0.2) is 133 Å². The minimum absolute atomic E-state index is 0.00285. The predicted octanol–water partition coefficient (Wildman–Crippen LogP) is 18.8. The van der Waals surface area contributed by atoms with Crippen LogP contribution < -0.4 is 0 Å². The van der Waals surface area contributed by atoms with Gasteiger partial charge in [-0.2, -0.15) is 0 Å². The van der Waals surface area contributed by atoms with Crippen molar-refractivity contribution in [3.8, 4) is 45.6 Å². The molecule has 6 aromatic carbocycles. The summed E-state index contributed by atoms with van der Waals surface area (Å²) in [5, 5.41) is 0.